The van der Waals surface area contributed by atoms with E-state index in [0.29, 0.717) is 31.2 Å². The normalized spacial score (nSPS) is 12.0. The lowest BCUT2D eigenvalue weighted by atomic mass is 10.1. The summed E-state index contributed by atoms with van der Waals surface area (Å²) in [4.78, 5) is 12.0. The van der Waals surface area contributed by atoms with Gasteiger partial charge in [0.1, 0.15) is 12.4 Å². The Kier molecular flexibility index (Phi) is 7.04. The molecule has 1 atom stereocenters. The van der Waals surface area contributed by atoms with Gasteiger partial charge < -0.3 is 20.1 Å². The molecule has 0 spiro atoms. The smallest absolute Gasteiger partial charge is 0.228 e. The third-order valence-electron chi connectivity index (χ3n) is 2.90. The zero-order valence-electron chi connectivity index (χ0n) is 12.7. The van der Waals surface area contributed by atoms with E-state index in [-0.39, 0.29) is 11.8 Å². The Labute approximate surface area is 120 Å². The molecule has 0 aliphatic heterocycles. The van der Waals surface area contributed by atoms with E-state index in [1.54, 1.807) is 7.11 Å². The molecule has 0 radical (unpaired) electrons. The van der Waals surface area contributed by atoms with Crippen LogP contribution in [0.4, 0.5) is 5.69 Å². The van der Waals surface area contributed by atoms with E-state index >= 15 is 0 Å². The number of nitrogens with one attached hydrogen (secondary N) is 2. The molecule has 5 nitrogen and oxygen atoms in total. The van der Waals surface area contributed by atoms with Gasteiger partial charge in [-0.3, -0.25) is 4.79 Å². The molecule has 0 fully saturated rings. The minimum Gasteiger partial charge on any atom is -0.489 e. The summed E-state index contributed by atoms with van der Waals surface area (Å²) in [6, 6.07) is 5.72. The first kappa shape index (κ1) is 16.5. The van der Waals surface area contributed by atoms with E-state index in [4.69, 9.17) is 9.47 Å². The van der Waals surface area contributed by atoms with Gasteiger partial charge in [-0.25, -0.2) is 0 Å². The number of benzene rings is 1. The zero-order valence-corrected chi connectivity index (χ0v) is 12.7. The van der Waals surface area contributed by atoms with Crippen LogP contribution < -0.4 is 15.4 Å². The van der Waals surface area contributed by atoms with Gasteiger partial charge in [-0.15, -0.1) is 0 Å². The number of rotatable bonds is 8. The highest BCUT2D eigenvalue weighted by Crippen LogP contribution is 2.26. The molecule has 1 amide bonds. The van der Waals surface area contributed by atoms with E-state index < -0.39 is 0 Å². The number of carbonyl (C=O) groups excluding carboxylic acids is 1. The van der Waals surface area contributed by atoms with Gasteiger partial charge in [0.15, 0.2) is 0 Å². The molecule has 20 heavy (non-hydrogen) atoms. The van der Waals surface area contributed by atoms with Crippen LogP contribution in [0.3, 0.4) is 0 Å². The SMILES string of the molecule is CNCC(C)C(=O)Nc1ccc(C)cc1OCCOC. The zero-order chi connectivity index (χ0) is 15.0. The van der Waals surface area contributed by atoms with Crippen LogP contribution in [-0.2, 0) is 9.53 Å². The van der Waals surface area contributed by atoms with Gasteiger partial charge in [-0.05, 0) is 31.7 Å². The predicted molar refractivity (Wildman–Crippen MR) is 80.3 cm³/mol. The molecular weight excluding hydrogens is 256 g/mol. The molecule has 0 heterocycles. The molecule has 0 aliphatic rings. The number of amides is 1. The van der Waals surface area contributed by atoms with Crippen molar-refractivity contribution in [3.05, 3.63) is 23.8 Å². The fourth-order valence-electron chi connectivity index (χ4n) is 1.74. The largest absolute Gasteiger partial charge is 0.489 e. The van der Waals surface area contributed by atoms with Gasteiger partial charge in [0.2, 0.25) is 5.91 Å². The average Bonchev–Trinajstić information content (AvgIpc) is 2.42. The summed E-state index contributed by atoms with van der Waals surface area (Å²) in [7, 11) is 3.46. The maximum atomic E-state index is 12.0. The molecule has 1 rings (SSSR count). The van der Waals surface area contributed by atoms with Crippen LogP contribution in [-0.4, -0.2) is 39.8 Å². The number of ether oxygens (including phenoxy) is 2. The van der Waals surface area contributed by atoms with E-state index in [1.807, 2.05) is 39.1 Å². The fourth-order valence-corrected chi connectivity index (χ4v) is 1.74. The molecular formula is C15H24N2O3. The highest BCUT2D eigenvalue weighted by Gasteiger charge is 2.14. The monoisotopic (exact) mass is 280 g/mol. The van der Waals surface area contributed by atoms with Crippen molar-refractivity contribution in [3.8, 4) is 5.75 Å². The number of hydrogen-bond acceptors (Lipinski definition) is 4. The number of aryl methyl sites for hydroxylation is 1. The molecule has 0 saturated carbocycles. The highest BCUT2D eigenvalue weighted by molar-refractivity contribution is 5.93. The third kappa shape index (κ3) is 5.19. The van der Waals surface area contributed by atoms with Gasteiger partial charge in [-0.2, -0.15) is 0 Å². The number of hydrogen-bond donors (Lipinski definition) is 2. The molecule has 0 bridgehead atoms. The summed E-state index contributed by atoms with van der Waals surface area (Å²) in [5.41, 5.74) is 1.78. The van der Waals surface area contributed by atoms with Crippen LogP contribution in [0.2, 0.25) is 0 Å². The average molecular weight is 280 g/mol. The lowest BCUT2D eigenvalue weighted by Gasteiger charge is -2.15. The Morgan fingerprint density at radius 3 is 2.75 bits per heavy atom. The second-order valence-corrected chi connectivity index (χ2v) is 4.79. The van der Waals surface area contributed by atoms with Crippen LogP contribution in [0.1, 0.15) is 12.5 Å². The van der Waals surface area contributed by atoms with Gasteiger partial charge in [-0.1, -0.05) is 13.0 Å². The summed E-state index contributed by atoms with van der Waals surface area (Å²) in [6.07, 6.45) is 0. The molecule has 1 aromatic rings. The van der Waals surface area contributed by atoms with Crippen LogP contribution in [0, 0.1) is 12.8 Å². The van der Waals surface area contributed by atoms with Crippen molar-refractivity contribution in [2.45, 2.75) is 13.8 Å². The Balaban J connectivity index is 2.74. The molecule has 0 aromatic heterocycles. The van der Waals surface area contributed by atoms with E-state index in [1.165, 1.54) is 0 Å². The molecule has 1 unspecified atom stereocenters. The summed E-state index contributed by atoms with van der Waals surface area (Å²) in [5, 5.41) is 5.90. The molecule has 112 valence electrons. The summed E-state index contributed by atoms with van der Waals surface area (Å²) >= 11 is 0. The Morgan fingerprint density at radius 2 is 2.10 bits per heavy atom. The number of anilines is 1. The minimum atomic E-state index is -0.104. The van der Waals surface area contributed by atoms with Gasteiger partial charge >= 0.3 is 0 Å². The van der Waals surface area contributed by atoms with E-state index in [0.717, 1.165) is 5.56 Å². The van der Waals surface area contributed by atoms with Gasteiger partial charge in [0, 0.05) is 19.6 Å². The summed E-state index contributed by atoms with van der Waals surface area (Å²) in [5.74, 6) is 0.542. The molecule has 0 aliphatic carbocycles. The van der Waals surface area contributed by atoms with Crippen LogP contribution in [0.25, 0.3) is 0 Å². The van der Waals surface area contributed by atoms with Crippen molar-refractivity contribution < 1.29 is 14.3 Å². The summed E-state index contributed by atoms with van der Waals surface area (Å²) < 4.78 is 10.6. The lowest BCUT2D eigenvalue weighted by Crippen LogP contribution is -2.28. The van der Waals surface area contributed by atoms with E-state index in [9.17, 15) is 4.79 Å². The van der Waals surface area contributed by atoms with Crippen molar-refractivity contribution in [2.75, 3.05) is 39.2 Å². The van der Waals surface area contributed by atoms with Gasteiger partial charge in [0.25, 0.3) is 0 Å². The maximum absolute atomic E-state index is 12.0. The Morgan fingerprint density at radius 1 is 1.35 bits per heavy atom. The Bertz CT molecular complexity index is 435. The number of carbonyl (C=O) groups is 1. The third-order valence-corrected chi connectivity index (χ3v) is 2.90. The second-order valence-electron chi connectivity index (χ2n) is 4.79. The first-order chi connectivity index (χ1) is 9.58. The minimum absolute atomic E-state index is 0.0280. The number of methoxy groups -OCH3 is 1. The first-order valence-electron chi connectivity index (χ1n) is 6.76. The van der Waals surface area contributed by atoms with Gasteiger partial charge in [0.05, 0.1) is 12.3 Å². The van der Waals surface area contributed by atoms with Crippen molar-refractivity contribution in [1.29, 1.82) is 0 Å². The van der Waals surface area contributed by atoms with Crippen LogP contribution >= 0.6 is 0 Å². The second kappa shape index (κ2) is 8.55. The molecule has 2 N–H and O–H groups in total. The standard InChI is InChI=1S/C15H24N2O3/c1-11-5-6-13(14(9-11)20-8-7-19-4)17-15(18)12(2)10-16-3/h5-6,9,12,16H,7-8,10H2,1-4H3,(H,17,18). The Hall–Kier alpha value is -1.59. The fraction of sp³-hybridized carbons (Fsp3) is 0.533. The van der Waals surface area contributed by atoms with Crippen molar-refractivity contribution in [2.24, 2.45) is 5.92 Å². The quantitative estimate of drug-likeness (QED) is 0.713. The van der Waals surface area contributed by atoms with Crippen LogP contribution in [0.15, 0.2) is 18.2 Å². The van der Waals surface area contributed by atoms with E-state index in [2.05, 4.69) is 10.6 Å². The molecule has 5 heteroatoms. The van der Waals surface area contributed by atoms with Crippen LogP contribution in [0.5, 0.6) is 5.75 Å². The topological polar surface area (TPSA) is 59.6 Å². The van der Waals surface area contributed by atoms with Crippen molar-refractivity contribution in [1.82, 2.24) is 5.32 Å². The maximum Gasteiger partial charge on any atom is 0.228 e. The van der Waals surface area contributed by atoms with Crippen molar-refractivity contribution in [3.63, 3.8) is 0 Å². The highest BCUT2D eigenvalue weighted by atomic mass is 16.5. The summed E-state index contributed by atoms with van der Waals surface area (Å²) in [6.45, 7) is 5.47. The van der Waals surface area contributed by atoms with Crippen molar-refractivity contribution >= 4 is 11.6 Å². The molecule has 0 saturated heterocycles. The lowest BCUT2D eigenvalue weighted by molar-refractivity contribution is -0.119. The predicted octanol–water partition coefficient (Wildman–Crippen LogP) is 1.81. The first-order valence-corrected chi connectivity index (χ1v) is 6.76. The molecule has 1 aromatic carbocycles.